The smallest absolute Gasteiger partial charge is 0.261 e. The van der Waals surface area contributed by atoms with Gasteiger partial charge in [-0.25, -0.2) is 0 Å². The van der Waals surface area contributed by atoms with Crippen LogP contribution in [0, 0.1) is 0 Å². The lowest BCUT2D eigenvalue weighted by Gasteiger charge is -2.17. The number of ether oxygens (including phenoxy) is 1. The van der Waals surface area contributed by atoms with Gasteiger partial charge in [-0.05, 0) is 55.0 Å². The first-order valence-electron chi connectivity index (χ1n) is 7.67. The molecule has 0 heterocycles. The van der Waals surface area contributed by atoms with Crippen LogP contribution in [0.15, 0.2) is 53.4 Å². The van der Waals surface area contributed by atoms with Crippen LogP contribution in [0.3, 0.4) is 0 Å². The molecule has 2 aromatic rings. The Morgan fingerprint density at radius 3 is 2.25 bits per heavy atom. The number of hydrogen-bond donors (Lipinski definition) is 1. The summed E-state index contributed by atoms with van der Waals surface area (Å²) in [4.78, 5) is 13.3. The van der Waals surface area contributed by atoms with Crippen molar-refractivity contribution in [3.8, 4) is 5.75 Å². The summed E-state index contributed by atoms with van der Waals surface area (Å²) in [5.41, 5.74) is 0. The number of carbonyl (C=O) groups is 1. The zero-order valence-electron chi connectivity index (χ0n) is 13.3. The molecule has 128 valence electrons. The van der Waals surface area contributed by atoms with Crippen LogP contribution in [0.25, 0.3) is 0 Å². The number of carbonyl (C=O) groups excluding carboxylic acids is 1. The summed E-state index contributed by atoms with van der Waals surface area (Å²) in [5.74, 6) is 1.31. The number of benzene rings is 2. The summed E-state index contributed by atoms with van der Waals surface area (Å²) >= 11 is 13.4. The number of halogens is 2. The van der Waals surface area contributed by atoms with E-state index < -0.39 is 6.10 Å². The Bertz CT molecular complexity index is 647. The average molecular weight is 384 g/mol. The molecule has 1 amide bonds. The normalized spacial score (nSPS) is 11.8. The Morgan fingerprint density at radius 1 is 1.08 bits per heavy atom. The molecule has 2 rings (SSSR count). The second-order valence-corrected chi connectivity index (χ2v) is 7.10. The van der Waals surface area contributed by atoms with Gasteiger partial charge in [-0.1, -0.05) is 30.1 Å². The quantitative estimate of drug-likeness (QED) is 0.511. The number of thioether (sulfide) groups is 1. The molecule has 0 aliphatic carbocycles. The molecule has 1 N–H and O–H groups in total. The summed E-state index contributed by atoms with van der Waals surface area (Å²) in [6.07, 6.45) is 0.0883. The second-order valence-electron chi connectivity index (χ2n) is 5.06. The van der Waals surface area contributed by atoms with Gasteiger partial charge in [0.2, 0.25) is 0 Å². The van der Waals surface area contributed by atoms with Gasteiger partial charge in [0.15, 0.2) is 6.10 Å². The fraction of sp³-hybridized carbons (Fsp3) is 0.278. The predicted molar refractivity (Wildman–Crippen MR) is 101 cm³/mol. The zero-order valence-corrected chi connectivity index (χ0v) is 15.6. The molecule has 0 saturated heterocycles. The van der Waals surface area contributed by atoms with E-state index in [0.29, 0.717) is 23.7 Å². The van der Waals surface area contributed by atoms with Crippen LogP contribution in [0.2, 0.25) is 10.0 Å². The lowest BCUT2D eigenvalue weighted by molar-refractivity contribution is -0.127. The van der Waals surface area contributed by atoms with Crippen molar-refractivity contribution in [2.75, 3.05) is 12.3 Å². The van der Waals surface area contributed by atoms with Crippen molar-refractivity contribution in [3.05, 3.63) is 58.6 Å². The molecule has 0 spiro atoms. The molecule has 0 aromatic heterocycles. The summed E-state index contributed by atoms with van der Waals surface area (Å²) in [7, 11) is 0. The topological polar surface area (TPSA) is 38.3 Å². The van der Waals surface area contributed by atoms with Crippen LogP contribution in [0.4, 0.5) is 0 Å². The highest BCUT2D eigenvalue weighted by Crippen LogP contribution is 2.20. The first kappa shape index (κ1) is 19.0. The maximum atomic E-state index is 12.2. The van der Waals surface area contributed by atoms with E-state index in [1.54, 1.807) is 36.0 Å². The van der Waals surface area contributed by atoms with Crippen LogP contribution in [0.1, 0.15) is 13.3 Å². The number of amides is 1. The van der Waals surface area contributed by atoms with Crippen molar-refractivity contribution >= 4 is 40.9 Å². The predicted octanol–water partition coefficient (Wildman–Crippen LogP) is 5.06. The van der Waals surface area contributed by atoms with E-state index in [-0.39, 0.29) is 5.91 Å². The molecule has 0 bridgehead atoms. The van der Waals surface area contributed by atoms with Crippen LogP contribution in [0.5, 0.6) is 5.75 Å². The number of hydrogen-bond acceptors (Lipinski definition) is 3. The van der Waals surface area contributed by atoms with Crippen molar-refractivity contribution in [1.29, 1.82) is 0 Å². The van der Waals surface area contributed by atoms with Gasteiger partial charge in [-0.2, -0.15) is 0 Å². The molecule has 0 aliphatic rings. The van der Waals surface area contributed by atoms with E-state index in [9.17, 15) is 4.79 Å². The minimum absolute atomic E-state index is 0.107. The van der Waals surface area contributed by atoms with Gasteiger partial charge in [0.1, 0.15) is 5.75 Å². The van der Waals surface area contributed by atoms with Gasteiger partial charge in [-0.15, -0.1) is 11.8 Å². The van der Waals surface area contributed by atoms with Gasteiger partial charge >= 0.3 is 0 Å². The Hall–Kier alpha value is -1.36. The van der Waals surface area contributed by atoms with E-state index in [4.69, 9.17) is 27.9 Å². The zero-order chi connectivity index (χ0) is 17.4. The van der Waals surface area contributed by atoms with Gasteiger partial charge in [-0.3, -0.25) is 4.79 Å². The van der Waals surface area contributed by atoms with Crippen molar-refractivity contribution < 1.29 is 9.53 Å². The lowest BCUT2D eigenvalue weighted by Crippen LogP contribution is -2.39. The third kappa shape index (κ3) is 6.27. The molecule has 0 fully saturated rings. The molecule has 1 atom stereocenters. The van der Waals surface area contributed by atoms with E-state index in [1.807, 2.05) is 31.2 Å². The highest BCUT2D eigenvalue weighted by atomic mass is 35.5. The van der Waals surface area contributed by atoms with Gasteiger partial charge in [0.05, 0.1) is 0 Å². The van der Waals surface area contributed by atoms with Crippen LogP contribution >= 0.6 is 35.0 Å². The first-order chi connectivity index (χ1) is 11.6. The third-order valence-electron chi connectivity index (χ3n) is 3.24. The molecule has 24 heavy (non-hydrogen) atoms. The largest absolute Gasteiger partial charge is 0.481 e. The average Bonchev–Trinajstić information content (AvgIpc) is 2.59. The van der Waals surface area contributed by atoms with Crippen molar-refractivity contribution in [2.45, 2.75) is 24.3 Å². The van der Waals surface area contributed by atoms with Crippen molar-refractivity contribution in [3.63, 3.8) is 0 Å². The molecular formula is C18H19Cl2NO2S. The molecule has 6 heteroatoms. The third-order valence-corrected chi connectivity index (χ3v) is 4.76. The molecule has 3 nitrogen and oxygen atoms in total. The van der Waals surface area contributed by atoms with Crippen molar-refractivity contribution in [1.82, 2.24) is 5.32 Å². The Kier molecular flexibility index (Phi) is 7.76. The van der Waals surface area contributed by atoms with Gasteiger partial charge in [0.25, 0.3) is 5.91 Å². The molecule has 2 aromatic carbocycles. The fourth-order valence-electron chi connectivity index (χ4n) is 1.99. The summed E-state index contributed by atoms with van der Waals surface area (Å²) in [6.45, 7) is 2.50. The van der Waals surface area contributed by atoms with Crippen LogP contribution < -0.4 is 10.1 Å². The Labute approximate surface area is 156 Å². The Morgan fingerprint density at radius 2 is 1.67 bits per heavy atom. The molecule has 0 unspecified atom stereocenters. The molecule has 0 aliphatic heterocycles. The van der Waals surface area contributed by atoms with Gasteiger partial charge in [0, 0.05) is 27.2 Å². The maximum absolute atomic E-state index is 12.2. The minimum Gasteiger partial charge on any atom is -0.481 e. The van der Waals surface area contributed by atoms with Crippen LogP contribution in [-0.2, 0) is 4.79 Å². The first-order valence-corrected chi connectivity index (χ1v) is 9.41. The lowest BCUT2D eigenvalue weighted by atomic mass is 10.2. The highest BCUT2D eigenvalue weighted by Gasteiger charge is 2.17. The molecule has 0 saturated carbocycles. The Balaban J connectivity index is 1.75. The molecule has 0 radical (unpaired) electrons. The van der Waals surface area contributed by atoms with E-state index in [2.05, 4.69) is 5.32 Å². The SMILES string of the molecule is CC[C@H](Oc1ccc(Cl)cc1)C(=O)NCCSc1ccc(Cl)cc1. The molecular weight excluding hydrogens is 365 g/mol. The van der Waals surface area contributed by atoms with Crippen LogP contribution in [-0.4, -0.2) is 24.3 Å². The summed E-state index contributed by atoms with van der Waals surface area (Å²) < 4.78 is 5.72. The number of nitrogens with one attached hydrogen (secondary N) is 1. The summed E-state index contributed by atoms with van der Waals surface area (Å²) in [6, 6.07) is 14.6. The highest BCUT2D eigenvalue weighted by molar-refractivity contribution is 7.99. The monoisotopic (exact) mass is 383 g/mol. The van der Waals surface area contributed by atoms with E-state index in [1.165, 1.54) is 0 Å². The second kappa shape index (κ2) is 9.82. The standard InChI is InChI=1S/C18H19Cl2NO2S/c1-2-17(23-15-7-3-13(19)4-8-15)18(22)21-11-12-24-16-9-5-14(20)6-10-16/h3-10,17H,2,11-12H2,1H3,(H,21,22)/t17-/m0/s1. The maximum Gasteiger partial charge on any atom is 0.261 e. The van der Waals surface area contributed by atoms with E-state index >= 15 is 0 Å². The minimum atomic E-state index is -0.508. The van der Waals surface area contributed by atoms with Crippen molar-refractivity contribution in [2.24, 2.45) is 0 Å². The van der Waals surface area contributed by atoms with Gasteiger partial charge < -0.3 is 10.1 Å². The fourth-order valence-corrected chi connectivity index (χ4v) is 3.01. The van der Waals surface area contributed by atoms with E-state index in [0.717, 1.165) is 15.7 Å². The summed E-state index contributed by atoms with van der Waals surface area (Å²) in [5, 5.41) is 4.27. The number of rotatable bonds is 8.